The summed E-state index contributed by atoms with van der Waals surface area (Å²) in [6, 6.07) is 11.8. The molecule has 2 N–H and O–H groups in total. The van der Waals surface area contributed by atoms with Crippen molar-refractivity contribution in [1.29, 1.82) is 0 Å². The van der Waals surface area contributed by atoms with Crippen LogP contribution < -0.4 is 10.0 Å². The first-order valence-electron chi connectivity index (χ1n) is 9.17. The first kappa shape index (κ1) is 20.0. The number of sulfonamides is 1. The number of halogens is 2. The summed E-state index contributed by atoms with van der Waals surface area (Å²) in [6.07, 6.45) is 3.21. The zero-order chi connectivity index (χ0) is 21.3. The highest BCUT2D eigenvalue weighted by Gasteiger charge is 2.32. The maximum absolute atomic E-state index is 14.9. The van der Waals surface area contributed by atoms with Crippen LogP contribution >= 0.6 is 0 Å². The van der Waals surface area contributed by atoms with Gasteiger partial charge in [-0.2, -0.15) is 0 Å². The Hall–Kier alpha value is -3.33. The molecule has 1 aromatic heterocycles. The summed E-state index contributed by atoms with van der Waals surface area (Å²) in [4.78, 5) is 8.06. The number of guanidine groups is 1. The van der Waals surface area contributed by atoms with Crippen LogP contribution in [0.1, 0.15) is 29.5 Å². The molecule has 6 nitrogen and oxygen atoms in total. The molecular weight excluding hydrogens is 410 g/mol. The summed E-state index contributed by atoms with van der Waals surface area (Å²) in [5.74, 6) is -1.90. The number of benzene rings is 2. The van der Waals surface area contributed by atoms with Crippen molar-refractivity contribution in [2.24, 2.45) is 4.99 Å². The van der Waals surface area contributed by atoms with Crippen LogP contribution in [-0.4, -0.2) is 19.4 Å². The standard InChI is InChI=1S/C21H18F2N4O2S/c1-13(15-4-2-3-5-16(15)22)19-17(23)6-7-18-20(19)26-21(27-30(18,28)29)25-12-14-8-10-24-11-9-14/h2-11,13H,12H2,1H3,(H2,25,26,27)/t13-/m0/s1. The van der Waals surface area contributed by atoms with Gasteiger partial charge in [0.15, 0.2) is 0 Å². The van der Waals surface area contributed by atoms with Gasteiger partial charge in [0, 0.05) is 23.9 Å². The largest absolute Gasteiger partial charge is 0.324 e. The third-order valence-electron chi connectivity index (χ3n) is 4.89. The molecule has 0 aliphatic carbocycles. The molecular formula is C21H18F2N4O2S. The summed E-state index contributed by atoms with van der Waals surface area (Å²) in [6.45, 7) is 1.82. The summed E-state index contributed by atoms with van der Waals surface area (Å²) in [5.41, 5.74) is 1.19. The fraction of sp³-hybridized carbons (Fsp3) is 0.143. The minimum atomic E-state index is -3.98. The van der Waals surface area contributed by atoms with Gasteiger partial charge < -0.3 is 5.32 Å². The molecule has 1 aliphatic heterocycles. The second-order valence-electron chi connectivity index (χ2n) is 6.83. The van der Waals surface area contributed by atoms with Crippen molar-refractivity contribution < 1.29 is 17.2 Å². The van der Waals surface area contributed by atoms with E-state index >= 15 is 0 Å². The third-order valence-corrected chi connectivity index (χ3v) is 6.27. The molecule has 0 saturated heterocycles. The van der Waals surface area contributed by atoms with E-state index in [1.54, 1.807) is 49.6 Å². The van der Waals surface area contributed by atoms with Gasteiger partial charge >= 0.3 is 0 Å². The molecule has 4 rings (SSSR count). The maximum atomic E-state index is 14.9. The number of aromatic nitrogens is 1. The molecule has 2 heterocycles. The topological polar surface area (TPSA) is 83.4 Å². The van der Waals surface area contributed by atoms with E-state index in [0.29, 0.717) is 0 Å². The van der Waals surface area contributed by atoms with Gasteiger partial charge in [0.05, 0.1) is 12.2 Å². The molecule has 1 atom stereocenters. The lowest BCUT2D eigenvalue weighted by Gasteiger charge is -2.26. The van der Waals surface area contributed by atoms with E-state index < -0.39 is 27.6 Å². The lowest BCUT2D eigenvalue weighted by molar-refractivity contribution is 0.577. The van der Waals surface area contributed by atoms with Crippen LogP contribution in [0.25, 0.3) is 0 Å². The maximum Gasteiger partial charge on any atom is 0.266 e. The number of hydrogen-bond donors (Lipinski definition) is 2. The SMILES string of the molecule is C[C@@H](c1ccccc1F)c1c(F)ccc2c1NC(=NCc1ccncc1)NS2(=O)=O. The number of anilines is 1. The van der Waals surface area contributed by atoms with Crippen molar-refractivity contribution in [2.75, 3.05) is 5.32 Å². The van der Waals surface area contributed by atoms with Gasteiger partial charge in [0.2, 0.25) is 5.96 Å². The third kappa shape index (κ3) is 3.76. The Kier molecular flexibility index (Phi) is 5.21. The number of nitrogens with zero attached hydrogens (tertiary/aromatic N) is 2. The Balaban J connectivity index is 1.79. The van der Waals surface area contributed by atoms with E-state index in [1.807, 2.05) is 0 Å². The first-order chi connectivity index (χ1) is 14.4. The van der Waals surface area contributed by atoms with Gasteiger partial charge in [-0.05, 0) is 41.5 Å². The first-order valence-corrected chi connectivity index (χ1v) is 10.6. The summed E-state index contributed by atoms with van der Waals surface area (Å²) < 4.78 is 57.0. The summed E-state index contributed by atoms with van der Waals surface area (Å²) in [7, 11) is -3.98. The molecule has 2 aromatic carbocycles. The van der Waals surface area contributed by atoms with E-state index in [2.05, 4.69) is 20.0 Å². The number of fused-ring (bicyclic) bond motifs is 1. The Morgan fingerprint density at radius 1 is 1.03 bits per heavy atom. The molecule has 1 aliphatic rings. The van der Waals surface area contributed by atoms with Crippen molar-refractivity contribution in [1.82, 2.24) is 9.71 Å². The highest BCUT2D eigenvalue weighted by molar-refractivity contribution is 7.90. The average Bonchev–Trinajstić information content (AvgIpc) is 2.72. The van der Waals surface area contributed by atoms with Crippen molar-refractivity contribution in [3.63, 3.8) is 0 Å². The van der Waals surface area contributed by atoms with Crippen LogP contribution in [0, 0.1) is 11.6 Å². The van der Waals surface area contributed by atoms with Crippen LogP contribution in [0.3, 0.4) is 0 Å². The Bertz CT molecular complexity index is 1230. The Morgan fingerprint density at radius 2 is 1.77 bits per heavy atom. The van der Waals surface area contributed by atoms with Crippen LogP contribution in [-0.2, 0) is 16.6 Å². The molecule has 0 unspecified atom stereocenters. The lowest BCUT2D eigenvalue weighted by atomic mass is 9.91. The smallest absolute Gasteiger partial charge is 0.266 e. The fourth-order valence-electron chi connectivity index (χ4n) is 3.39. The van der Waals surface area contributed by atoms with Crippen molar-refractivity contribution in [2.45, 2.75) is 24.3 Å². The quantitative estimate of drug-likeness (QED) is 0.663. The fourth-order valence-corrected chi connectivity index (χ4v) is 4.55. The van der Waals surface area contributed by atoms with E-state index in [9.17, 15) is 17.2 Å². The molecule has 3 aromatic rings. The van der Waals surface area contributed by atoms with Crippen molar-refractivity contribution >= 4 is 21.7 Å². The van der Waals surface area contributed by atoms with Crippen LogP contribution in [0.2, 0.25) is 0 Å². The molecule has 30 heavy (non-hydrogen) atoms. The number of hydrogen-bond acceptors (Lipinski definition) is 4. The lowest BCUT2D eigenvalue weighted by Crippen LogP contribution is -2.41. The second kappa shape index (κ2) is 7.83. The van der Waals surface area contributed by atoms with Gasteiger partial charge in [-0.25, -0.2) is 26.9 Å². The molecule has 154 valence electrons. The van der Waals surface area contributed by atoms with Gasteiger partial charge in [-0.3, -0.25) is 4.98 Å². The Labute approximate surface area is 172 Å². The molecule has 0 spiro atoms. The molecule has 0 bridgehead atoms. The number of aliphatic imine (C=N–C) groups is 1. The van der Waals surface area contributed by atoms with Crippen LogP contribution in [0.5, 0.6) is 0 Å². The minimum Gasteiger partial charge on any atom is -0.324 e. The highest BCUT2D eigenvalue weighted by Crippen LogP contribution is 2.38. The van der Waals surface area contributed by atoms with Crippen molar-refractivity contribution in [3.8, 4) is 0 Å². The van der Waals surface area contributed by atoms with Crippen LogP contribution in [0.15, 0.2) is 70.8 Å². The highest BCUT2D eigenvalue weighted by atomic mass is 32.2. The van der Waals surface area contributed by atoms with Gasteiger partial charge in [0.1, 0.15) is 16.5 Å². The molecule has 0 radical (unpaired) electrons. The van der Waals surface area contributed by atoms with Gasteiger partial charge in [0.25, 0.3) is 10.0 Å². The molecule has 0 fully saturated rings. The van der Waals surface area contributed by atoms with Crippen molar-refractivity contribution in [3.05, 3.63) is 89.2 Å². The number of nitrogens with one attached hydrogen (secondary N) is 2. The van der Waals surface area contributed by atoms with Gasteiger partial charge in [-0.15, -0.1) is 0 Å². The van der Waals surface area contributed by atoms with E-state index in [1.165, 1.54) is 12.1 Å². The zero-order valence-corrected chi connectivity index (χ0v) is 16.7. The predicted molar refractivity (Wildman–Crippen MR) is 110 cm³/mol. The molecule has 9 heteroatoms. The zero-order valence-electron chi connectivity index (χ0n) is 15.9. The minimum absolute atomic E-state index is 0.0353. The number of rotatable bonds is 4. The Morgan fingerprint density at radius 3 is 2.50 bits per heavy atom. The van der Waals surface area contributed by atoms with E-state index in [4.69, 9.17) is 0 Å². The average molecular weight is 428 g/mol. The molecule has 0 amide bonds. The van der Waals surface area contributed by atoms with E-state index in [0.717, 1.165) is 11.6 Å². The summed E-state index contributed by atoms with van der Waals surface area (Å²) in [5, 5.41) is 2.88. The van der Waals surface area contributed by atoms with Gasteiger partial charge in [-0.1, -0.05) is 25.1 Å². The number of pyridine rings is 1. The monoisotopic (exact) mass is 428 g/mol. The second-order valence-corrected chi connectivity index (χ2v) is 8.48. The van der Waals surface area contributed by atoms with E-state index in [-0.39, 0.29) is 34.2 Å². The predicted octanol–water partition coefficient (Wildman–Crippen LogP) is 3.77. The summed E-state index contributed by atoms with van der Waals surface area (Å²) >= 11 is 0. The molecule has 0 saturated carbocycles. The van der Waals surface area contributed by atoms with Crippen LogP contribution in [0.4, 0.5) is 14.5 Å². The normalized spacial score (nSPS) is 17.0.